The molecule has 0 aliphatic carbocycles. The van der Waals surface area contributed by atoms with Crippen molar-refractivity contribution in [1.82, 2.24) is 5.32 Å². The van der Waals surface area contributed by atoms with Crippen molar-refractivity contribution in [2.45, 2.75) is 58.6 Å². The molecule has 0 saturated heterocycles. The van der Waals surface area contributed by atoms with Crippen molar-refractivity contribution in [1.29, 1.82) is 5.26 Å². The van der Waals surface area contributed by atoms with Crippen LogP contribution in [0.3, 0.4) is 0 Å². The minimum atomic E-state index is -0.0717. The Balaban J connectivity index is 3.68. The molecule has 1 atom stereocenters. The third-order valence-corrected chi connectivity index (χ3v) is 2.55. The molecule has 3 heteroatoms. The first-order valence-corrected chi connectivity index (χ1v) is 5.82. The van der Waals surface area contributed by atoms with Crippen LogP contribution in [0, 0.1) is 11.3 Å². The number of nitriles is 1. The lowest BCUT2D eigenvalue weighted by atomic mass is 10.1. The van der Waals surface area contributed by atoms with Gasteiger partial charge in [-0.3, -0.25) is 0 Å². The summed E-state index contributed by atoms with van der Waals surface area (Å²) in [5, 5.41) is 12.1. The first-order chi connectivity index (χ1) is 7.05. The Morgan fingerprint density at radius 2 is 2.07 bits per heavy atom. The number of hydrogen-bond donors (Lipinski definition) is 1. The molecular formula is C12H24N2O. The Bertz CT molecular complexity index is 196. The van der Waals surface area contributed by atoms with Gasteiger partial charge in [0.25, 0.3) is 0 Å². The second-order valence-corrected chi connectivity index (χ2v) is 4.39. The predicted octanol–water partition coefficient (Wildman–Crippen LogP) is 2.47. The van der Waals surface area contributed by atoms with Gasteiger partial charge in [-0.25, -0.2) is 0 Å². The van der Waals surface area contributed by atoms with Gasteiger partial charge in [-0.1, -0.05) is 13.8 Å². The van der Waals surface area contributed by atoms with Crippen LogP contribution in [-0.4, -0.2) is 24.8 Å². The largest absolute Gasteiger partial charge is 0.375 e. The maximum absolute atomic E-state index is 8.87. The van der Waals surface area contributed by atoms with E-state index in [9.17, 15) is 0 Å². The summed E-state index contributed by atoms with van der Waals surface area (Å²) in [6.45, 7) is 9.90. The smallest absolute Gasteiger partial charge is 0.0975 e. The number of nitrogens with zero attached hydrogens (tertiary/aromatic N) is 1. The fourth-order valence-electron chi connectivity index (χ4n) is 1.09. The third kappa shape index (κ3) is 7.35. The van der Waals surface area contributed by atoms with Crippen LogP contribution in [-0.2, 0) is 4.74 Å². The lowest BCUT2D eigenvalue weighted by Crippen LogP contribution is -2.31. The highest BCUT2D eigenvalue weighted by Gasteiger charge is 2.16. The Labute approximate surface area is 93.8 Å². The summed E-state index contributed by atoms with van der Waals surface area (Å²) in [6, 6.07) is 2.18. The minimum Gasteiger partial charge on any atom is -0.375 e. The number of hydrogen-bond acceptors (Lipinski definition) is 3. The normalized spacial score (nSPS) is 13.5. The maximum Gasteiger partial charge on any atom is 0.0975 e. The fourth-order valence-corrected chi connectivity index (χ4v) is 1.09. The van der Waals surface area contributed by atoms with Gasteiger partial charge in [0.15, 0.2) is 0 Å². The summed E-state index contributed by atoms with van der Waals surface area (Å²) in [4.78, 5) is 0. The summed E-state index contributed by atoms with van der Waals surface area (Å²) in [7, 11) is 0. The highest BCUT2D eigenvalue weighted by molar-refractivity contribution is 4.89. The van der Waals surface area contributed by atoms with Gasteiger partial charge in [-0.2, -0.15) is 5.26 Å². The summed E-state index contributed by atoms with van der Waals surface area (Å²) in [6.07, 6.45) is 2.81. The van der Waals surface area contributed by atoms with Crippen molar-refractivity contribution in [3.05, 3.63) is 0 Å². The molecule has 1 N–H and O–H groups in total. The summed E-state index contributed by atoms with van der Waals surface area (Å²) >= 11 is 0. The van der Waals surface area contributed by atoms with Crippen LogP contribution in [0.2, 0.25) is 0 Å². The average Bonchev–Trinajstić information content (AvgIpc) is 2.23. The van der Waals surface area contributed by atoms with E-state index in [4.69, 9.17) is 10.00 Å². The zero-order valence-electron chi connectivity index (χ0n) is 10.5. The molecule has 0 radical (unpaired) electrons. The first kappa shape index (κ1) is 14.4. The van der Waals surface area contributed by atoms with Gasteiger partial charge < -0.3 is 10.1 Å². The zero-order valence-corrected chi connectivity index (χ0v) is 10.5. The van der Waals surface area contributed by atoms with Gasteiger partial charge in [0, 0.05) is 6.61 Å². The molecular weight excluding hydrogens is 188 g/mol. The quantitative estimate of drug-likeness (QED) is 0.672. The van der Waals surface area contributed by atoms with Crippen LogP contribution in [0.5, 0.6) is 0 Å². The highest BCUT2D eigenvalue weighted by atomic mass is 16.5. The molecule has 0 saturated carbocycles. The molecule has 0 aromatic heterocycles. The van der Waals surface area contributed by atoms with Crippen molar-refractivity contribution in [2.75, 3.05) is 13.2 Å². The van der Waals surface area contributed by atoms with Gasteiger partial charge in [0.1, 0.15) is 0 Å². The van der Waals surface area contributed by atoms with E-state index in [2.05, 4.69) is 39.1 Å². The van der Waals surface area contributed by atoms with Gasteiger partial charge in [0.2, 0.25) is 0 Å². The molecule has 3 nitrogen and oxygen atoms in total. The van der Waals surface area contributed by atoms with E-state index in [1.807, 2.05) is 0 Å². The second kappa shape index (κ2) is 7.67. The molecule has 0 fully saturated rings. The molecule has 0 aliphatic heterocycles. The van der Waals surface area contributed by atoms with Gasteiger partial charge in [0.05, 0.1) is 17.7 Å². The first-order valence-electron chi connectivity index (χ1n) is 5.82. The fraction of sp³-hybridized carbons (Fsp3) is 0.917. The molecule has 1 unspecified atom stereocenters. The van der Waals surface area contributed by atoms with E-state index in [1.165, 1.54) is 0 Å². The van der Waals surface area contributed by atoms with E-state index in [0.717, 1.165) is 25.8 Å². The molecule has 0 heterocycles. The topological polar surface area (TPSA) is 45.0 Å². The molecule has 0 spiro atoms. The summed E-state index contributed by atoms with van der Waals surface area (Å²) in [5.74, 6) is 0. The lowest BCUT2D eigenvalue weighted by Gasteiger charge is -2.24. The van der Waals surface area contributed by atoms with Crippen LogP contribution in [0.25, 0.3) is 0 Å². The van der Waals surface area contributed by atoms with E-state index in [-0.39, 0.29) is 11.6 Å². The molecule has 88 valence electrons. The molecule has 0 rings (SSSR count). The van der Waals surface area contributed by atoms with Crippen molar-refractivity contribution >= 4 is 0 Å². The Morgan fingerprint density at radius 1 is 1.40 bits per heavy atom. The van der Waals surface area contributed by atoms with E-state index < -0.39 is 0 Å². The highest BCUT2D eigenvalue weighted by Crippen LogP contribution is 2.13. The number of ether oxygens (including phenoxy) is 1. The van der Waals surface area contributed by atoms with Crippen molar-refractivity contribution < 1.29 is 4.74 Å². The van der Waals surface area contributed by atoms with Crippen LogP contribution in [0.1, 0.15) is 47.0 Å². The Hall–Kier alpha value is -0.590. The predicted molar refractivity (Wildman–Crippen MR) is 62.6 cm³/mol. The monoisotopic (exact) mass is 212 g/mol. The molecule has 0 aromatic carbocycles. The van der Waals surface area contributed by atoms with E-state index in [0.29, 0.717) is 6.61 Å². The van der Waals surface area contributed by atoms with Crippen molar-refractivity contribution in [3.8, 4) is 6.07 Å². The summed E-state index contributed by atoms with van der Waals surface area (Å²) < 4.78 is 5.70. The zero-order chi connectivity index (χ0) is 11.7. The molecule has 0 aliphatic rings. The third-order valence-electron chi connectivity index (χ3n) is 2.55. The molecule has 0 bridgehead atoms. The number of rotatable bonds is 8. The van der Waals surface area contributed by atoms with Crippen LogP contribution >= 0.6 is 0 Å². The lowest BCUT2D eigenvalue weighted by molar-refractivity contribution is -0.0223. The maximum atomic E-state index is 8.87. The standard InChI is InChI=1S/C12H24N2O/c1-5-8-14-11(10-13)7-9-15-12(3,4)6-2/h11,14H,5-9H2,1-4H3. The average molecular weight is 212 g/mol. The Kier molecular flexibility index (Phi) is 7.37. The van der Waals surface area contributed by atoms with Gasteiger partial charge in [-0.05, 0) is 39.7 Å². The Morgan fingerprint density at radius 3 is 2.53 bits per heavy atom. The number of nitrogens with one attached hydrogen (secondary N) is 1. The van der Waals surface area contributed by atoms with Gasteiger partial charge in [-0.15, -0.1) is 0 Å². The summed E-state index contributed by atoms with van der Waals surface area (Å²) in [5.41, 5.74) is -0.0647. The second-order valence-electron chi connectivity index (χ2n) is 4.39. The minimum absolute atomic E-state index is 0.0647. The molecule has 15 heavy (non-hydrogen) atoms. The van der Waals surface area contributed by atoms with Gasteiger partial charge >= 0.3 is 0 Å². The van der Waals surface area contributed by atoms with Crippen molar-refractivity contribution in [2.24, 2.45) is 0 Å². The van der Waals surface area contributed by atoms with E-state index in [1.54, 1.807) is 0 Å². The SMILES string of the molecule is CCCNC(C#N)CCOC(C)(C)CC. The van der Waals surface area contributed by atoms with E-state index >= 15 is 0 Å². The van der Waals surface area contributed by atoms with Crippen LogP contribution in [0.4, 0.5) is 0 Å². The molecule has 0 amide bonds. The van der Waals surface area contributed by atoms with Crippen molar-refractivity contribution in [3.63, 3.8) is 0 Å². The van der Waals surface area contributed by atoms with Crippen LogP contribution in [0.15, 0.2) is 0 Å². The molecule has 0 aromatic rings. The van der Waals surface area contributed by atoms with Crippen LogP contribution < -0.4 is 5.32 Å².